The van der Waals surface area contributed by atoms with Gasteiger partial charge in [0.2, 0.25) is 0 Å². The quantitative estimate of drug-likeness (QED) is 0.164. The molecule has 0 aliphatic heterocycles. The second kappa shape index (κ2) is 14.4. The molecule has 0 amide bonds. The van der Waals surface area contributed by atoms with Crippen molar-refractivity contribution in [1.82, 2.24) is 14.5 Å². The zero-order valence-electron chi connectivity index (χ0n) is 31.9. The molecule has 10 aromatic rings. The van der Waals surface area contributed by atoms with Crippen LogP contribution in [0.4, 0.5) is 0 Å². The molecule has 270 valence electrons. The molecule has 10 rings (SSSR count). The Balaban J connectivity index is 1.37. The summed E-state index contributed by atoms with van der Waals surface area (Å²) in [4.78, 5) is 10.6. The minimum Gasteiger partial charge on any atom is -0.294 e. The first-order valence-electron chi connectivity index (χ1n) is 19.5. The molecule has 2 heterocycles. The second-order valence-electron chi connectivity index (χ2n) is 14.7. The van der Waals surface area contributed by atoms with E-state index in [1.807, 2.05) is 24.3 Å². The van der Waals surface area contributed by atoms with Crippen LogP contribution in [0, 0.1) is 13.8 Å². The maximum absolute atomic E-state index is 5.40. The molecule has 0 fully saturated rings. The Labute approximate surface area is 333 Å². The smallest absolute Gasteiger partial charge is 0.162 e. The summed E-state index contributed by atoms with van der Waals surface area (Å²) in [6.07, 6.45) is 0. The lowest BCUT2D eigenvalue weighted by molar-refractivity contribution is 1.05. The minimum absolute atomic E-state index is 0.685. The van der Waals surface area contributed by atoms with Crippen LogP contribution in [0.25, 0.3) is 94.8 Å². The fourth-order valence-corrected chi connectivity index (χ4v) is 8.31. The van der Waals surface area contributed by atoms with E-state index in [1.165, 1.54) is 66.4 Å². The summed E-state index contributed by atoms with van der Waals surface area (Å²) in [6.45, 7) is 4.53. The normalized spacial score (nSPS) is 11.3. The van der Waals surface area contributed by atoms with Crippen molar-refractivity contribution < 1.29 is 0 Å². The van der Waals surface area contributed by atoms with Gasteiger partial charge in [-0.1, -0.05) is 170 Å². The fourth-order valence-electron chi connectivity index (χ4n) is 8.31. The highest BCUT2D eigenvalue weighted by Crippen LogP contribution is 2.46. The van der Waals surface area contributed by atoms with Crippen molar-refractivity contribution in [2.24, 2.45) is 0 Å². The van der Waals surface area contributed by atoms with Gasteiger partial charge in [0.1, 0.15) is 5.82 Å². The molecular weight excluding hydrogens is 691 g/mol. The number of hydrogen-bond donors (Lipinski definition) is 0. The molecule has 0 atom stereocenters. The molecule has 0 N–H and O–H groups in total. The average molecular weight is 730 g/mol. The van der Waals surface area contributed by atoms with E-state index in [0.29, 0.717) is 5.82 Å². The topological polar surface area (TPSA) is 30.7 Å². The zero-order chi connectivity index (χ0) is 38.3. The van der Waals surface area contributed by atoms with E-state index in [0.717, 1.165) is 33.7 Å². The van der Waals surface area contributed by atoms with Crippen molar-refractivity contribution in [3.8, 4) is 73.0 Å². The van der Waals surface area contributed by atoms with Crippen molar-refractivity contribution >= 4 is 21.8 Å². The highest BCUT2D eigenvalue weighted by molar-refractivity contribution is 6.19. The largest absolute Gasteiger partial charge is 0.294 e. The van der Waals surface area contributed by atoms with Crippen LogP contribution in [-0.4, -0.2) is 14.5 Å². The highest BCUT2D eigenvalue weighted by atomic mass is 15.1. The van der Waals surface area contributed by atoms with Gasteiger partial charge in [0.25, 0.3) is 0 Å². The lowest BCUT2D eigenvalue weighted by Gasteiger charge is -2.19. The molecule has 0 unspecified atom stereocenters. The molecule has 0 bridgehead atoms. The molecular formula is C54H39N3. The van der Waals surface area contributed by atoms with E-state index in [2.05, 4.69) is 194 Å². The van der Waals surface area contributed by atoms with Crippen molar-refractivity contribution in [2.45, 2.75) is 13.8 Å². The van der Waals surface area contributed by atoms with E-state index in [9.17, 15) is 0 Å². The van der Waals surface area contributed by atoms with Gasteiger partial charge in [0, 0.05) is 28.0 Å². The van der Waals surface area contributed by atoms with Crippen LogP contribution in [0.1, 0.15) is 11.1 Å². The van der Waals surface area contributed by atoms with Crippen molar-refractivity contribution in [1.29, 1.82) is 0 Å². The molecule has 0 aliphatic carbocycles. The Morgan fingerprint density at radius 3 is 1.53 bits per heavy atom. The van der Waals surface area contributed by atoms with Crippen LogP contribution < -0.4 is 0 Å². The third kappa shape index (κ3) is 6.20. The molecule has 0 saturated heterocycles. The number of aromatic nitrogens is 3. The third-order valence-corrected chi connectivity index (χ3v) is 11.2. The lowest BCUT2D eigenvalue weighted by atomic mass is 9.86. The molecule has 57 heavy (non-hydrogen) atoms. The standard InChI is InChI=1S/C54H39N3/c1-36-28-29-43(38-18-8-3-9-19-38)32-45(36)52-37(2)46(40-22-12-5-13-23-40)34-50-53(52)47-33-44(39-20-10-4-11-21-39)30-31-49(47)57(50)51-35-48(41-24-14-6-15-25-41)55-54(56-51)42-26-16-7-17-27-42/h3-35H,1-2H3. The minimum atomic E-state index is 0.685. The number of fused-ring (bicyclic) bond motifs is 3. The van der Waals surface area contributed by atoms with Crippen molar-refractivity contribution in [3.05, 3.63) is 211 Å². The van der Waals surface area contributed by atoms with E-state index >= 15 is 0 Å². The van der Waals surface area contributed by atoms with Crippen molar-refractivity contribution in [2.75, 3.05) is 0 Å². The molecule has 0 saturated carbocycles. The van der Waals surface area contributed by atoms with E-state index in [-0.39, 0.29) is 0 Å². The Kier molecular flexibility index (Phi) is 8.61. The first-order chi connectivity index (χ1) is 28.1. The fraction of sp³-hybridized carbons (Fsp3) is 0.0370. The Bertz CT molecular complexity index is 2980. The van der Waals surface area contributed by atoms with Gasteiger partial charge in [0.15, 0.2) is 5.82 Å². The van der Waals surface area contributed by atoms with Crippen LogP contribution in [0.15, 0.2) is 200 Å². The lowest BCUT2D eigenvalue weighted by Crippen LogP contribution is -2.03. The van der Waals surface area contributed by atoms with Gasteiger partial charge in [-0.3, -0.25) is 4.57 Å². The van der Waals surface area contributed by atoms with E-state index in [1.54, 1.807) is 0 Å². The van der Waals surface area contributed by atoms with E-state index in [4.69, 9.17) is 9.97 Å². The summed E-state index contributed by atoms with van der Waals surface area (Å²) in [7, 11) is 0. The van der Waals surface area contributed by atoms with Gasteiger partial charge < -0.3 is 0 Å². The van der Waals surface area contributed by atoms with Crippen LogP contribution in [0.3, 0.4) is 0 Å². The van der Waals surface area contributed by atoms with Crippen LogP contribution >= 0.6 is 0 Å². The maximum atomic E-state index is 5.40. The predicted molar refractivity (Wildman–Crippen MR) is 238 cm³/mol. The summed E-state index contributed by atoms with van der Waals surface area (Å²) in [5, 5.41) is 2.38. The average Bonchev–Trinajstić information content (AvgIpc) is 3.61. The summed E-state index contributed by atoms with van der Waals surface area (Å²) in [5.74, 6) is 1.50. The van der Waals surface area contributed by atoms with Gasteiger partial charge in [-0.2, -0.15) is 0 Å². The number of rotatable bonds is 7. The zero-order valence-corrected chi connectivity index (χ0v) is 31.9. The highest BCUT2D eigenvalue weighted by Gasteiger charge is 2.24. The molecule has 8 aromatic carbocycles. The number of benzene rings is 8. The van der Waals surface area contributed by atoms with Crippen LogP contribution in [0.5, 0.6) is 0 Å². The van der Waals surface area contributed by atoms with Crippen LogP contribution in [0.2, 0.25) is 0 Å². The molecule has 0 spiro atoms. The van der Waals surface area contributed by atoms with Gasteiger partial charge in [-0.05, 0) is 93.7 Å². The van der Waals surface area contributed by atoms with Gasteiger partial charge in [-0.25, -0.2) is 9.97 Å². The summed E-state index contributed by atoms with van der Waals surface area (Å²) in [5.41, 5.74) is 17.1. The van der Waals surface area contributed by atoms with E-state index < -0.39 is 0 Å². The molecule has 0 aliphatic rings. The summed E-state index contributed by atoms with van der Waals surface area (Å²) >= 11 is 0. The van der Waals surface area contributed by atoms with Gasteiger partial charge in [-0.15, -0.1) is 0 Å². The first-order valence-corrected chi connectivity index (χ1v) is 19.5. The summed E-state index contributed by atoms with van der Waals surface area (Å²) in [6, 6.07) is 71.2. The Morgan fingerprint density at radius 2 is 0.912 bits per heavy atom. The molecule has 0 radical (unpaired) electrons. The SMILES string of the molecule is Cc1ccc(-c2ccccc2)cc1-c1c(C)c(-c2ccccc2)cc2c1c1cc(-c3ccccc3)ccc1n2-c1cc(-c2ccccc2)nc(-c2ccccc2)n1. The van der Waals surface area contributed by atoms with Crippen LogP contribution in [-0.2, 0) is 0 Å². The monoisotopic (exact) mass is 729 g/mol. The van der Waals surface area contributed by atoms with Gasteiger partial charge >= 0.3 is 0 Å². The second-order valence-corrected chi connectivity index (χ2v) is 14.7. The molecule has 3 nitrogen and oxygen atoms in total. The Morgan fingerprint density at radius 1 is 0.386 bits per heavy atom. The van der Waals surface area contributed by atoms with Crippen molar-refractivity contribution in [3.63, 3.8) is 0 Å². The molecule has 3 heteroatoms. The van der Waals surface area contributed by atoms with Gasteiger partial charge in [0.05, 0.1) is 16.7 Å². The number of aryl methyl sites for hydroxylation is 1. The molecule has 2 aromatic heterocycles. The summed E-state index contributed by atoms with van der Waals surface area (Å²) < 4.78 is 2.37. The third-order valence-electron chi connectivity index (χ3n) is 11.2. The first kappa shape index (κ1) is 34.2. The number of hydrogen-bond acceptors (Lipinski definition) is 2. The number of nitrogens with zero attached hydrogens (tertiary/aromatic N) is 3. The Hall–Kier alpha value is -7.36. The maximum Gasteiger partial charge on any atom is 0.162 e. The predicted octanol–water partition coefficient (Wildman–Crippen LogP) is 14.2.